The van der Waals surface area contributed by atoms with Gasteiger partial charge in [-0.2, -0.15) is 0 Å². The van der Waals surface area contributed by atoms with Gasteiger partial charge in [-0.3, -0.25) is 9.78 Å². The number of fused-ring (bicyclic) bond motifs is 1. The molecule has 4 nitrogen and oxygen atoms in total. The van der Waals surface area contributed by atoms with E-state index >= 15 is 0 Å². The highest BCUT2D eigenvalue weighted by Crippen LogP contribution is 2.36. The molecule has 126 valence electrons. The van der Waals surface area contributed by atoms with Crippen LogP contribution in [0.3, 0.4) is 0 Å². The fraction of sp³-hybridized carbons (Fsp3) is 0.500. The maximum absolute atomic E-state index is 12.8. The van der Waals surface area contributed by atoms with Crippen molar-refractivity contribution in [3.8, 4) is 0 Å². The minimum absolute atomic E-state index is 0.0438. The Kier molecular flexibility index (Phi) is 4.48. The average Bonchev–Trinajstić information content (AvgIpc) is 3.12. The van der Waals surface area contributed by atoms with Crippen LogP contribution in [-0.4, -0.2) is 23.5 Å². The van der Waals surface area contributed by atoms with Crippen molar-refractivity contribution in [3.63, 3.8) is 0 Å². The first kappa shape index (κ1) is 15.6. The third kappa shape index (κ3) is 3.16. The molecule has 2 aliphatic rings. The Morgan fingerprint density at radius 3 is 2.88 bits per heavy atom. The van der Waals surface area contributed by atoms with E-state index in [0.717, 1.165) is 29.6 Å². The Balaban J connectivity index is 1.47. The highest BCUT2D eigenvalue weighted by Gasteiger charge is 2.38. The zero-order chi connectivity index (χ0) is 16.4. The maximum atomic E-state index is 12.8. The summed E-state index contributed by atoms with van der Waals surface area (Å²) in [5.41, 5.74) is 1.81. The lowest BCUT2D eigenvalue weighted by Crippen LogP contribution is -2.42. The minimum atomic E-state index is -0.0438. The molecule has 1 saturated carbocycles. The number of anilines is 1. The van der Waals surface area contributed by atoms with Crippen molar-refractivity contribution < 1.29 is 4.79 Å². The van der Waals surface area contributed by atoms with Gasteiger partial charge in [0.1, 0.15) is 0 Å². The van der Waals surface area contributed by atoms with Crippen molar-refractivity contribution in [3.05, 3.63) is 36.5 Å². The summed E-state index contributed by atoms with van der Waals surface area (Å²) in [5, 5.41) is 7.61. The monoisotopic (exact) mass is 323 g/mol. The number of hydrogen-bond donors (Lipinski definition) is 2. The molecule has 2 N–H and O–H groups in total. The van der Waals surface area contributed by atoms with Crippen LogP contribution in [-0.2, 0) is 4.79 Å². The smallest absolute Gasteiger partial charge is 0.241 e. The average molecular weight is 323 g/mol. The van der Waals surface area contributed by atoms with Crippen LogP contribution in [0.2, 0.25) is 0 Å². The topological polar surface area (TPSA) is 54.0 Å². The summed E-state index contributed by atoms with van der Waals surface area (Å²) in [6, 6.07) is 9.81. The summed E-state index contributed by atoms with van der Waals surface area (Å²) < 4.78 is 0. The number of nitrogens with zero attached hydrogens (tertiary/aromatic N) is 1. The van der Waals surface area contributed by atoms with E-state index in [4.69, 9.17) is 0 Å². The van der Waals surface area contributed by atoms with Crippen molar-refractivity contribution in [2.24, 2.45) is 11.8 Å². The molecule has 4 rings (SSSR count). The summed E-state index contributed by atoms with van der Waals surface area (Å²) in [5.74, 6) is 1.32. The number of aromatic nitrogens is 1. The van der Waals surface area contributed by atoms with Crippen LogP contribution in [0.4, 0.5) is 5.69 Å². The molecule has 1 aromatic carbocycles. The normalized spacial score (nSPS) is 25.0. The number of benzene rings is 1. The molecule has 0 bridgehead atoms. The number of carbonyl (C=O) groups is 1. The van der Waals surface area contributed by atoms with E-state index < -0.39 is 0 Å². The molecular formula is C20H25N3O. The molecule has 0 radical (unpaired) electrons. The van der Waals surface area contributed by atoms with E-state index in [9.17, 15) is 4.79 Å². The van der Waals surface area contributed by atoms with Gasteiger partial charge in [-0.05, 0) is 49.1 Å². The first-order valence-electron chi connectivity index (χ1n) is 9.20. The molecule has 1 aromatic heterocycles. The predicted molar refractivity (Wildman–Crippen MR) is 96.8 cm³/mol. The van der Waals surface area contributed by atoms with Gasteiger partial charge in [-0.1, -0.05) is 38.2 Å². The first-order chi connectivity index (χ1) is 11.8. The Labute approximate surface area is 143 Å². The van der Waals surface area contributed by atoms with Gasteiger partial charge in [-0.25, -0.2) is 0 Å². The number of pyridine rings is 1. The number of amides is 1. The molecule has 24 heavy (non-hydrogen) atoms. The van der Waals surface area contributed by atoms with Crippen LogP contribution in [0.1, 0.15) is 38.5 Å². The van der Waals surface area contributed by atoms with E-state index in [1.807, 2.05) is 30.3 Å². The highest BCUT2D eigenvalue weighted by atomic mass is 16.2. The van der Waals surface area contributed by atoms with E-state index in [2.05, 4.69) is 15.6 Å². The van der Waals surface area contributed by atoms with Gasteiger partial charge in [0.15, 0.2) is 0 Å². The van der Waals surface area contributed by atoms with Crippen LogP contribution in [0.25, 0.3) is 10.9 Å². The van der Waals surface area contributed by atoms with Gasteiger partial charge in [-0.15, -0.1) is 0 Å². The molecule has 1 amide bonds. The quantitative estimate of drug-likeness (QED) is 0.905. The lowest BCUT2D eigenvalue weighted by molar-refractivity contribution is -0.119. The van der Waals surface area contributed by atoms with Gasteiger partial charge < -0.3 is 10.6 Å². The largest absolute Gasteiger partial charge is 0.325 e. The van der Waals surface area contributed by atoms with Gasteiger partial charge in [0, 0.05) is 17.3 Å². The lowest BCUT2D eigenvalue weighted by atomic mass is 9.76. The Bertz CT molecular complexity index is 724. The molecule has 1 aliphatic carbocycles. The van der Waals surface area contributed by atoms with Gasteiger partial charge in [0.05, 0.1) is 11.6 Å². The van der Waals surface area contributed by atoms with Crippen molar-refractivity contribution in [2.75, 3.05) is 11.9 Å². The summed E-state index contributed by atoms with van der Waals surface area (Å²) >= 11 is 0. The lowest BCUT2D eigenvalue weighted by Gasteiger charge is -2.30. The molecule has 1 saturated heterocycles. The molecule has 2 atom stereocenters. The van der Waals surface area contributed by atoms with Crippen LogP contribution in [0, 0.1) is 11.8 Å². The second kappa shape index (κ2) is 6.89. The fourth-order valence-corrected chi connectivity index (χ4v) is 4.45. The Morgan fingerprint density at radius 1 is 1.12 bits per heavy atom. The van der Waals surface area contributed by atoms with Crippen molar-refractivity contribution in [1.82, 2.24) is 10.3 Å². The van der Waals surface area contributed by atoms with Crippen molar-refractivity contribution >= 4 is 22.5 Å². The van der Waals surface area contributed by atoms with Gasteiger partial charge >= 0.3 is 0 Å². The standard InChI is InChI=1S/C20H25N3O/c24-20(19-17(10-12-22-19)14-5-2-1-3-6-14)23-16-8-9-18-15(13-16)7-4-11-21-18/h4,7-9,11,13-14,17,19,22H,1-3,5-6,10,12H2,(H,23,24)/t17?,19-/m0/s1. The van der Waals surface area contributed by atoms with E-state index in [-0.39, 0.29) is 11.9 Å². The SMILES string of the molecule is O=C(Nc1ccc2ncccc2c1)[C@H]1NCCC1C1CCCCC1. The predicted octanol–water partition coefficient (Wildman–Crippen LogP) is 3.73. The number of rotatable bonds is 3. The van der Waals surface area contributed by atoms with E-state index in [1.54, 1.807) is 6.20 Å². The second-order valence-electron chi connectivity index (χ2n) is 7.18. The van der Waals surface area contributed by atoms with Crippen LogP contribution >= 0.6 is 0 Å². The third-order valence-electron chi connectivity index (χ3n) is 5.68. The maximum Gasteiger partial charge on any atom is 0.241 e. The minimum Gasteiger partial charge on any atom is -0.325 e. The summed E-state index contributed by atoms with van der Waals surface area (Å²) in [7, 11) is 0. The molecule has 2 aromatic rings. The number of carbonyl (C=O) groups excluding carboxylic acids is 1. The third-order valence-corrected chi connectivity index (χ3v) is 5.68. The summed E-state index contributed by atoms with van der Waals surface area (Å²) in [4.78, 5) is 17.1. The molecule has 0 spiro atoms. The Morgan fingerprint density at radius 2 is 2.00 bits per heavy atom. The molecule has 1 unspecified atom stereocenters. The zero-order valence-corrected chi connectivity index (χ0v) is 14.0. The van der Waals surface area contributed by atoms with E-state index in [0.29, 0.717) is 11.8 Å². The number of nitrogens with one attached hydrogen (secondary N) is 2. The summed E-state index contributed by atoms with van der Waals surface area (Å²) in [6.07, 6.45) is 9.51. The van der Waals surface area contributed by atoms with Crippen molar-refractivity contribution in [2.45, 2.75) is 44.6 Å². The van der Waals surface area contributed by atoms with Gasteiger partial charge in [0.25, 0.3) is 0 Å². The van der Waals surface area contributed by atoms with Crippen molar-refractivity contribution in [1.29, 1.82) is 0 Å². The first-order valence-corrected chi connectivity index (χ1v) is 9.20. The number of hydrogen-bond acceptors (Lipinski definition) is 3. The van der Waals surface area contributed by atoms with E-state index in [1.165, 1.54) is 32.1 Å². The second-order valence-corrected chi connectivity index (χ2v) is 7.18. The summed E-state index contributed by atoms with van der Waals surface area (Å²) in [6.45, 7) is 0.959. The zero-order valence-electron chi connectivity index (χ0n) is 14.0. The van der Waals surface area contributed by atoms with Crippen LogP contribution in [0.15, 0.2) is 36.5 Å². The molecule has 2 fully saturated rings. The highest BCUT2D eigenvalue weighted by molar-refractivity contribution is 5.97. The Hall–Kier alpha value is -1.94. The van der Waals surface area contributed by atoms with Crippen LogP contribution in [0.5, 0.6) is 0 Å². The van der Waals surface area contributed by atoms with Gasteiger partial charge in [0.2, 0.25) is 5.91 Å². The molecule has 2 heterocycles. The molecule has 4 heteroatoms. The van der Waals surface area contributed by atoms with Crippen LogP contribution < -0.4 is 10.6 Å². The molecule has 1 aliphatic heterocycles. The molecular weight excluding hydrogens is 298 g/mol. The fourth-order valence-electron chi connectivity index (χ4n) is 4.45.